The van der Waals surface area contributed by atoms with E-state index in [4.69, 9.17) is 18.9 Å². The van der Waals surface area contributed by atoms with Crippen LogP contribution in [0.2, 0.25) is 0 Å². The van der Waals surface area contributed by atoms with Crippen LogP contribution in [0.3, 0.4) is 0 Å². The third-order valence-electron chi connectivity index (χ3n) is 4.31. The van der Waals surface area contributed by atoms with Gasteiger partial charge < -0.3 is 24.3 Å². The molecule has 5 nitrogen and oxygen atoms in total. The summed E-state index contributed by atoms with van der Waals surface area (Å²) < 4.78 is 22.2. The van der Waals surface area contributed by atoms with Crippen LogP contribution < -0.4 is 14.8 Å². The summed E-state index contributed by atoms with van der Waals surface area (Å²) in [6.07, 6.45) is 1.70. The zero-order valence-electron chi connectivity index (χ0n) is 13.3. The maximum Gasteiger partial charge on any atom is 0.127 e. The normalized spacial score (nSPS) is 19.0. The summed E-state index contributed by atoms with van der Waals surface area (Å²) >= 11 is 0. The smallest absolute Gasteiger partial charge is 0.127 e. The molecule has 1 aliphatic rings. The maximum atomic E-state index is 5.91. The van der Waals surface area contributed by atoms with Gasteiger partial charge in [-0.3, -0.25) is 0 Å². The van der Waals surface area contributed by atoms with Gasteiger partial charge in [0.2, 0.25) is 0 Å². The summed E-state index contributed by atoms with van der Waals surface area (Å²) in [4.78, 5) is 0. The Bertz CT molecular complexity index is 458. The van der Waals surface area contributed by atoms with E-state index in [1.807, 2.05) is 25.2 Å². The molecular formula is C16H25NO4. The van der Waals surface area contributed by atoms with Gasteiger partial charge in [0.05, 0.1) is 25.9 Å². The highest BCUT2D eigenvalue weighted by Gasteiger charge is 2.42. The first-order chi connectivity index (χ1) is 10.2. The lowest BCUT2D eigenvalue weighted by Crippen LogP contribution is -2.48. The van der Waals surface area contributed by atoms with E-state index < -0.39 is 0 Å². The van der Waals surface area contributed by atoms with Gasteiger partial charge in [-0.2, -0.15) is 0 Å². The van der Waals surface area contributed by atoms with Gasteiger partial charge in [-0.05, 0) is 19.2 Å². The Morgan fingerprint density at radius 2 is 1.86 bits per heavy atom. The Kier molecular flexibility index (Phi) is 5.45. The monoisotopic (exact) mass is 295 g/mol. The first kappa shape index (κ1) is 16.1. The molecule has 0 bridgehead atoms. The lowest BCUT2D eigenvalue weighted by Gasteiger charge is -2.42. The summed E-state index contributed by atoms with van der Waals surface area (Å²) in [7, 11) is 7.05. The molecule has 0 radical (unpaired) electrons. The Morgan fingerprint density at radius 3 is 2.38 bits per heavy atom. The molecular weight excluding hydrogens is 270 g/mol. The van der Waals surface area contributed by atoms with Gasteiger partial charge >= 0.3 is 0 Å². The molecule has 1 aromatic carbocycles. The SMILES string of the molecule is CNC(c1ccc(OC)cc1OC)C1(OC)CCOCC1. The molecule has 1 saturated heterocycles. The van der Waals surface area contributed by atoms with Crippen molar-refractivity contribution in [3.8, 4) is 11.5 Å². The Hall–Kier alpha value is -1.30. The number of benzene rings is 1. The van der Waals surface area contributed by atoms with Gasteiger partial charge in [0, 0.05) is 44.8 Å². The average molecular weight is 295 g/mol. The second kappa shape index (κ2) is 7.11. The van der Waals surface area contributed by atoms with E-state index in [1.165, 1.54) is 0 Å². The zero-order chi connectivity index (χ0) is 15.3. The third kappa shape index (κ3) is 3.15. The highest BCUT2D eigenvalue weighted by atomic mass is 16.5. The molecule has 0 aliphatic carbocycles. The summed E-state index contributed by atoms with van der Waals surface area (Å²) in [5, 5.41) is 3.39. The van der Waals surface area contributed by atoms with Crippen molar-refractivity contribution in [1.29, 1.82) is 0 Å². The van der Waals surface area contributed by atoms with Crippen molar-refractivity contribution in [2.75, 3.05) is 41.6 Å². The van der Waals surface area contributed by atoms with Crippen LogP contribution in [0.1, 0.15) is 24.4 Å². The van der Waals surface area contributed by atoms with Crippen molar-refractivity contribution in [2.24, 2.45) is 0 Å². The number of ether oxygens (including phenoxy) is 4. The molecule has 5 heteroatoms. The van der Waals surface area contributed by atoms with Crippen LogP contribution in [0.5, 0.6) is 11.5 Å². The lowest BCUT2D eigenvalue weighted by atomic mass is 9.81. The third-order valence-corrected chi connectivity index (χ3v) is 4.31. The minimum atomic E-state index is -0.283. The van der Waals surface area contributed by atoms with E-state index in [-0.39, 0.29) is 11.6 Å². The van der Waals surface area contributed by atoms with Gasteiger partial charge in [0.15, 0.2) is 0 Å². The minimum Gasteiger partial charge on any atom is -0.497 e. The van der Waals surface area contributed by atoms with Crippen molar-refractivity contribution < 1.29 is 18.9 Å². The largest absolute Gasteiger partial charge is 0.497 e. The molecule has 0 spiro atoms. The molecule has 2 rings (SSSR count). The second-order valence-corrected chi connectivity index (χ2v) is 5.21. The van der Waals surface area contributed by atoms with Crippen LogP contribution in [-0.4, -0.2) is 47.2 Å². The van der Waals surface area contributed by atoms with Gasteiger partial charge in [0.25, 0.3) is 0 Å². The molecule has 1 fully saturated rings. The van der Waals surface area contributed by atoms with Crippen molar-refractivity contribution in [3.05, 3.63) is 23.8 Å². The number of nitrogens with one attached hydrogen (secondary N) is 1. The van der Waals surface area contributed by atoms with Crippen molar-refractivity contribution in [2.45, 2.75) is 24.5 Å². The van der Waals surface area contributed by atoms with Gasteiger partial charge in [-0.1, -0.05) is 0 Å². The Labute approximate surface area is 126 Å². The molecule has 1 atom stereocenters. The zero-order valence-corrected chi connectivity index (χ0v) is 13.3. The summed E-state index contributed by atoms with van der Waals surface area (Å²) in [6.45, 7) is 1.43. The molecule has 118 valence electrons. The molecule has 1 N–H and O–H groups in total. The minimum absolute atomic E-state index is 0.0345. The fourth-order valence-electron chi connectivity index (χ4n) is 3.09. The van der Waals surface area contributed by atoms with Crippen LogP contribution in [-0.2, 0) is 9.47 Å². The number of likely N-dealkylation sites (N-methyl/N-ethyl adjacent to an activating group) is 1. The average Bonchev–Trinajstić information content (AvgIpc) is 2.56. The molecule has 0 saturated carbocycles. The summed E-state index contributed by atoms with van der Waals surface area (Å²) in [5.74, 6) is 1.58. The second-order valence-electron chi connectivity index (χ2n) is 5.21. The molecule has 0 aromatic heterocycles. The van der Waals surface area contributed by atoms with Crippen LogP contribution in [0.15, 0.2) is 18.2 Å². The summed E-state index contributed by atoms with van der Waals surface area (Å²) in [6, 6.07) is 5.93. The molecule has 1 aromatic rings. The first-order valence-corrected chi connectivity index (χ1v) is 7.23. The Balaban J connectivity index is 2.40. The van der Waals surface area contributed by atoms with E-state index in [9.17, 15) is 0 Å². The van der Waals surface area contributed by atoms with Crippen LogP contribution in [0, 0.1) is 0 Å². The predicted octanol–water partition coefficient (Wildman–Crippen LogP) is 2.16. The summed E-state index contributed by atoms with van der Waals surface area (Å²) in [5.41, 5.74) is 0.791. The van der Waals surface area contributed by atoms with E-state index in [1.54, 1.807) is 21.3 Å². The maximum absolute atomic E-state index is 5.91. The topological polar surface area (TPSA) is 49.0 Å². The number of rotatable bonds is 6. The van der Waals surface area contributed by atoms with Crippen molar-refractivity contribution >= 4 is 0 Å². The van der Waals surface area contributed by atoms with E-state index in [0.29, 0.717) is 13.2 Å². The molecule has 21 heavy (non-hydrogen) atoms. The van der Waals surface area contributed by atoms with E-state index in [0.717, 1.165) is 29.9 Å². The molecule has 1 unspecified atom stereocenters. The van der Waals surface area contributed by atoms with Crippen LogP contribution >= 0.6 is 0 Å². The van der Waals surface area contributed by atoms with Crippen molar-refractivity contribution in [1.82, 2.24) is 5.32 Å². The number of hydrogen-bond donors (Lipinski definition) is 1. The highest BCUT2D eigenvalue weighted by molar-refractivity contribution is 5.43. The van der Waals surface area contributed by atoms with Crippen LogP contribution in [0.4, 0.5) is 0 Å². The molecule has 1 heterocycles. The highest BCUT2D eigenvalue weighted by Crippen LogP contribution is 2.41. The quantitative estimate of drug-likeness (QED) is 0.871. The number of methoxy groups -OCH3 is 3. The van der Waals surface area contributed by atoms with Crippen LogP contribution in [0.25, 0.3) is 0 Å². The Morgan fingerprint density at radius 1 is 1.14 bits per heavy atom. The predicted molar refractivity (Wildman–Crippen MR) is 81.1 cm³/mol. The molecule has 0 amide bonds. The van der Waals surface area contributed by atoms with Crippen molar-refractivity contribution in [3.63, 3.8) is 0 Å². The fourth-order valence-corrected chi connectivity index (χ4v) is 3.09. The standard InChI is InChI=1S/C16H25NO4/c1-17-15(16(20-4)7-9-21-10-8-16)13-6-5-12(18-2)11-14(13)19-3/h5-6,11,15,17H,7-10H2,1-4H3. The van der Waals surface area contributed by atoms with Gasteiger partial charge in [-0.25, -0.2) is 0 Å². The van der Waals surface area contributed by atoms with E-state index >= 15 is 0 Å². The molecule has 1 aliphatic heterocycles. The first-order valence-electron chi connectivity index (χ1n) is 7.23. The number of hydrogen-bond acceptors (Lipinski definition) is 5. The van der Waals surface area contributed by atoms with E-state index in [2.05, 4.69) is 5.32 Å². The fraction of sp³-hybridized carbons (Fsp3) is 0.625. The van der Waals surface area contributed by atoms with Gasteiger partial charge in [-0.15, -0.1) is 0 Å². The van der Waals surface area contributed by atoms with Gasteiger partial charge in [0.1, 0.15) is 11.5 Å². The lowest BCUT2D eigenvalue weighted by molar-refractivity contribution is -0.110.